The van der Waals surface area contributed by atoms with Gasteiger partial charge < -0.3 is 46.7 Å². The molecule has 8 rings (SSSR count). The number of amides is 2. The molecule has 4 aliphatic heterocycles. The third kappa shape index (κ3) is 11.4. The molecule has 0 saturated heterocycles. The number of fused-ring (bicyclic) bond motifs is 4. The van der Waals surface area contributed by atoms with Crippen molar-refractivity contribution in [2.75, 3.05) is 71.3 Å². The number of rotatable bonds is 13. The van der Waals surface area contributed by atoms with Crippen molar-refractivity contribution in [1.29, 1.82) is 0 Å². The van der Waals surface area contributed by atoms with Crippen molar-refractivity contribution in [3.05, 3.63) is 69.8 Å². The quantitative estimate of drug-likeness (QED) is 0.0971. The molecule has 0 fully saturated rings. The number of carbonyl (C=O) groups is 2. The standard InChI is InChI=1S/C23H32N6O2.C20H26N6O2.2CH4/c1-4-5-10-31-23-26-21(24)20-22(27-23)29(14-19(30)25-20)12-16-6-7-17-8-9-28(15(2)3)13-18(17)11-16;1-2-3-8-28-20-24-18(21)17-19(25-20)26(12-16(27)23-17)11-13-4-5-14-6-7-22-10-15(14)9-13;;/h6-7,11,15H,4-5,8-10,12-14H2,1-3H3,(H,25,30)(H2,24,26,27);4-5,9,22H,2-3,6-8,10-12H2,1H3,(H,23,27)(H2,21,24,25);2*1H4. The van der Waals surface area contributed by atoms with Crippen LogP contribution in [0, 0.1) is 0 Å². The van der Waals surface area contributed by atoms with Gasteiger partial charge in [-0.3, -0.25) is 14.5 Å². The first-order valence-electron chi connectivity index (χ1n) is 20.9. The summed E-state index contributed by atoms with van der Waals surface area (Å²) in [7, 11) is 0. The molecule has 0 saturated carbocycles. The van der Waals surface area contributed by atoms with E-state index in [4.69, 9.17) is 20.9 Å². The Kier molecular flexibility index (Phi) is 16.1. The zero-order valence-electron chi connectivity index (χ0n) is 34.8. The number of nitrogen functional groups attached to an aromatic ring is 2. The summed E-state index contributed by atoms with van der Waals surface area (Å²) in [6.07, 6.45) is 6.01. The number of anilines is 6. The fourth-order valence-corrected chi connectivity index (χ4v) is 7.69. The van der Waals surface area contributed by atoms with Crippen LogP contribution in [-0.2, 0) is 48.6 Å². The Morgan fingerprint density at radius 1 is 0.689 bits per heavy atom. The SMILES string of the molecule is C.C.CCCCOc1nc(N)c2c(n1)N(Cc1ccc3c(c1)CN(C(C)C)CC3)CC(=O)N2.CCCCOc1nc(N)c2c(n1)N(Cc1ccc3c(c1)CNCC3)CC(=O)N2. The van der Waals surface area contributed by atoms with E-state index >= 15 is 0 Å². The predicted octanol–water partition coefficient (Wildman–Crippen LogP) is 6.08. The molecular formula is C45H66N12O4. The molecular weight excluding hydrogens is 773 g/mol. The molecule has 61 heavy (non-hydrogen) atoms. The van der Waals surface area contributed by atoms with Gasteiger partial charge in [0.2, 0.25) is 11.8 Å². The topological polar surface area (TPSA) is 202 Å². The van der Waals surface area contributed by atoms with E-state index in [1.54, 1.807) is 0 Å². The third-order valence-corrected chi connectivity index (χ3v) is 11.0. The van der Waals surface area contributed by atoms with Gasteiger partial charge in [-0.1, -0.05) is 77.9 Å². The normalized spacial score (nSPS) is 15.4. The molecule has 0 bridgehead atoms. The number of aromatic nitrogens is 4. The van der Waals surface area contributed by atoms with Crippen molar-refractivity contribution in [3.8, 4) is 12.0 Å². The van der Waals surface area contributed by atoms with Crippen molar-refractivity contribution >= 4 is 46.5 Å². The molecule has 0 unspecified atom stereocenters. The molecule has 4 aliphatic rings. The highest BCUT2D eigenvalue weighted by Crippen LogP contribution is 2.36. The lowest BCUT2D eigenvalue weighted by Gasteiger charge is -2.33. The molecule has 0 spiro atoms. The van der Waals surface area contributed by atoms with Crippen LogP contribution < -0.4 is 46.7 Å². The lowest BCUT2D eigenvalue weighted by Crippen LogP contribution is -2.39. The maximum Gasteiger partial charge on any atom is 0.320 e. The lowest BCUT2D eigenvalue weighted by atomic mass is 9.96. The summed E-state index contributed by atoms with van der Waals surface area (Å²) in [6.45, 7) is 15.3. The lowest BCUT2D eigenvalue weighted by molar-refractivity contribution is -0.116. The average Bonchev–Trinajstić information content (AvgIpc) is 3.22. The Labute approximate surface area is 361 Å². The highest BCUT2D eigenvalue weighted by molar-refractivity contribution is 6.03. The Bertz CT molecular complexity index is 2150. The van der Waals surface area contributed by atoms with Gasteiger partial charge in [0.25, 0.3) is 0 Å². The molecule has 16 nitrogen and oxygen atoms in total. The van der Waals surface area contributed by atoms with E-state index in [0.29, 0.717) is 55.4 Å². The van der Waals surface area contributed by atoms with Crippen LogP contribution in [0.15, 0.2) is 36.4 Å². The van der Waals surface area contributed by atoms with Crippen molar-refractivity contribution < 1.29 is 19.1 Å². The van der Waals surface area contributed by atoms with Gasteiger partial charge in [0.15, 0.2) is 23.3 Å². The van der Waals surface area contributed by atoms with Crippen LogP contribution in [0.1, 0.15) is 102 Å². The first-order valence-corrected chi connectivity index (χ1v) is 20.9. The van der Waals surface area contributed by atoms with Crippen LogP contribution in [0.2, 0.25) is 0 Å². The van der Waals surface area contributed by atoms with E-state index in [2.05, 4.69) is 105 Å². The van der Waals surface area contributed by atoms with E-state index in [1.165, 1.54) is 22.3 Å². The van der Waals surface area contributed by atoms with E-state index < -0.39 is 0 Å². The largest absolute Gasteiger partial charge is 0.463 e. The minimum atomic E-state index is -0.123. The van der Waals surface area contributed by atoms with Crippen molar-refractivity contribution in [2.45, 2.75) is 113 Å². The van der Waals surface area contributed by atoms with Crippen molar-refractivity contribution in [2.24, 2.45) is 0 Å². The Morgan fingerprint density at radius 2 is 1.20 bits per heavy atom. The molecule has 0 aliphatic carbocycles. The van der Waals surface area contributed by atoms with Crippen LogP contribution >= 0.6 is 0 Å². The van der Waals surface area contributed by atoms with Gasteiger partial charge in [-0.25, -0.2) is 0 Å². The van der Waals surface area contributed by atoms with Gasteiger partial charge in [-0.15, -0.1) is 0 Å². The smallest absolute Gasteiger partial charge is 0.320 e. The summed E-state index contributed by atoms with van der Waals surface area (Å²) >= 11 is 0. The maximum atomic E-state index is 12.3. The zero-order chi connectivity index (χ0) is 41.5. The molecule has 16 heteroatoms. The summed E-state index contributed by atoms with van der Waals surface area (Å²) in [4.78, 5) is 48.4. The van der Waals surface area contributed by atoms with Crippen LogP contribution in [0.5, 0.6) is 12.0 Å². The first-order chi connectivity index (χ1) is 28.6. The summed E-state index contributed by atoms with van der Waals surface area (Å²) in [5.74, 6) is 1.43. The molecule has 2 aromatic carbocycles. The summed E-state index contributed by atoms with van der Waals surface area (Å²) < 4.78 is 11.3. The molecule has 6 heterocycles. The maximum absolute atomic E-state index is 12.3. The second kappa shape index (κ2) is 21.2. The van der Waals surface area contributed by atoms with Crippen LogP contribution in [0.3, 0.4) is 0 Å². The summed E-state index contributed by atoms with van der Waals surface area (Å²) in [5.41, 5.74) is 20.9. The van der Waals surface area contributed by atoms with Gasteiger partial charge in [0, 0.05) is 38.8 Å². The fourth-order valence-electron chi connectivity index (χ4n) is 7.69. The van der Waals surface area contributed by atoms with Gasteiger partial charge in [-0.05, 0) is 79.5 Å². The molecule has 0 radical (unpaired) electrons. The van der Waals surface area contributed by atoms with Crippen LogP contribution in [-0.4, -0.2) is 82.1 Å². The predicted molar refractivity (Wildman–Crippen MR) is 244 cm³/mol. The molecule has 4 aromatic rings. The number of nitrogens with two attached hydrogens (primary N) is 2. The number of hydrogen-bond acceptors (Lipinski definition) is 14. The molecule has 7 N–H and O–H groups in total. The highest BCUT2D eigenvalue weighted by Gasteiger charge is 2.30. The molecule has 330 valence electrons. The number of hydrogen-bond donors (Lipinski definition) is 5. The van der Waals surface area contributed by atoms with Crippen LogP contribution in [0.4, 0.5) is 34.6 Å². The number of nitrogens with zero attached hydrogens (tertiary/aromatic N) is 7. The number of benzene rings is 2. The van der Waals surface area contributed by atoms with E-state index in [-0.39, 0.29) is 63.4 Å². The minimum Gasteiger partial charge on any atom is -0.463 e. The monoisotopic (exact) mass is 839 g/mol. The molecule has 2 amide bonds. The zero-order valence-corrected chi connectivity index (χ0v) is 34.8. The average molecular weight is 839 g/mol. The first kappa shape index (κ1) is 46.3. The number of carbonyl (C=O) groups excluding carboxylic acids is 2. The van der Waals surface area contributed by atoms with Gasteiger partial charge in [0.1, 0.15) is 11.4 Å². The van der Waals surface area contributed by atoms with E-state index in [9.17, 15) is 9.59 Å². The third-order valence-electron chi connectivity index (χ3n) is 11.0. The molecule has 2 aromatic heterocycles. The second-order valence-corrected chi connectivity index (χ2v) is 15.8. The van der Waals surface area contributed by atoms with Gasteiger partial charge in [0.05, 0.1) is 26.3 Å². The summed E-state index contributed by atoms with van der Waals surface area (Å²) in [6, 6.07) is 14.2. The van der Waals surface area contributed by atoms with Gasteiger partial charge >= 0.3 is 12.0 Å². The number of ether oxygens (including phenoxy) is 2. The minimum absolute atomic E-state index is 0. The fraction of sp³-hybridized carbons (Fsp3) is 0.511. The molecule has 0 atom stereocenters. The van der Waals surface area contributed by atoms with Crippen molar-refractivity contribution in [3.63, 3.8) is 0 Å². The van der Waals surface area contributed by atoms with E-state index in [0.717, 1.165) is 75.8 Å². The Hall–Kier alpha value is -5.74. The van der Waals surface area contributed by atoms with Crippen molar-refractivity contribution in [1.82, 2.24) is 30.2 Å². The Balaban J connectivity index is 0.000000225. The summed E-state index contributed by atoms with van der Waals surface area (Å²) in [5, 5.41) is 9.01. The highest BCUT2D eigenvalue weighted by atomic mass is 16.5. The number of unbranched alkanes of at least 4 members (excludes halogenated alkanes) is 2. The number of nitrogens with one attached hydrogen (secondary N) is 3. The Morgan fingerprint density at radius 3 is 1.70 bits per heavy atom. The second-order valence-electron chi connectivity index (χ2n) is 15.8. The van der Waals surface area contributed by atoms with E-state index in [1.807, 2.05) is 9.80 Å². The van der Waals surface area contributed by atoms with Gasteiger partial charge in [-0.2, -0.15) is 19.9 Å². The van der Waals surface area contributed by atoms with Crippen LogP contribution in [0.25, 0.3) is 0 Å².